The lowest BCUT2D eigenvalue weighted by atomic mass is 10.1. The van der Waals surface area contributed by atoms with Crippen molar-refractivity contribution in [1.29, 1.82) is 0 Å². The third-order valence-corrected chi connectivity index (χ3v) is 3.83. The van der Waals surface area contributed by atoms with Gasteiger partial charge in [-0.05, 0) is 40.2 Å². The summed E-state index contributed by atoms with van der Waals surface area (Å²) in [6.45, 7) is 8.42. The van der Waals surface area contributed by atoms with Crippen LogP contribution in [0.4, 0.5) is 4.79 Å². The maximum atomic E-state index is 11.8. The van der Waals surface area contributed by atoms with Gasteiger partial charge in [0, 0.05) is 24.2 Å². The van der Waals surface area contributed by atoms with Crippen LogP contribution in [0.25, 0.3) is 0 Å². The fraction of sp³-hybridized carbons (Fsp3) is 0.714. The van der Waals surface area contributed by atoms with Crippen molar-refractivity contribution in [2.45, 2.75) is 51.8 Å². The van der Waals surface area contributed by atoms with Crippen LogP contribution in [0.2, 0.25) is 0 Å². The second kappa shape index (κ2) is 6.54. The topological polar surface area (TPSA) is 54.5 Å². The van der Waals surface area contributed by atoms with Crippen molar-refractivity contribution in [2.75, 3.05) is 13.1 Å². The van der Waals surface area contributed by atoms with Gasteiger partial charge in [-0.15, -0.1) is 11.3 Å². The molecule has 2 rings (SSSR count). The zero-order valence-electron chi connectivity index (χ0n) is 12.4. The maximum Gasteiger partial charge on any atom is 0.407 e. The van der Waals surface area contributed by atoms with Crippen LogP contribution in [0, 0.1) is 0 Å². The van der Waals surface area contributed by atoms with Gasteiger partial charge in [0.05, 0.1) is 6.54 Å². The van der Waals surface area contributed by atoms with Crippen LogP contribution in [0.1, 0.15) is 38.6 Å². The normalized spacial score (nSPS) is 20.6. The molecule has 0 aliphatic carbocycles. The molecule has 6 heteroatoms. The minimum absolute atomic E-state index is 0.165. The molecule has 1 aromatic rings. The molecule has 1 saturated heterocycles. The van der Waals surface area contributed by atoms with Gasteiger partial charge in [-0.2, -0.15) is 0 Å². The van der Waals surface area contributed by atoms with Crippen LogP contribution in [0.5, 0.6) is 0 Å². The molecule has 0 aromatic carbocycles. The summed E-state index contributed by atoms with van der Waals surface area (Å²) in [6, 6.07) is 0.165. The number of likely N-dealkylation sites (tertiary alicyclic amines) is 1. The molecular weight excluding hydrogens is 274 g/mol. The molecule has 1 fully saturated rings. The molecule has 112 valence electrons. The molecule has 1 amide bonds. The first kappa shape index (κ1) is 15.3. The van der Waals surface area contributed by atoms with Gasteiger partial charge in [-0.25, -0.2) is 9.78 Å². The fourth-order valence-electron chi connectivity index (χ4n) is 2.31. The molecule has 0 spiro atoms. The Kier molecular flexibility index (Phi) is 4.99. The number of nitrogens with zero attached hydrogens (tertiary/aromatic N) is 2. The minimum atomic E-state index is -0.445. The Balaban J connectivity index is 1.80. The lowest BCUT2D eigenvalue weighted by Crippen LogP contribution is -2.48. The van der Waals surface area contributed by atoms with E-state index in [0.717, 1.165) is 37.5 Å². The molecule has 1 N–H and O–H groups in total. The van der Waals surface area contributed by atoms with E-state index in [1.807, 2.05) is 32.3 Å². The number of nitrogens with one attached hydrogen (secondary N) is 1. The number of aromatic nitrogens is 1. The molecule has 1 aliphatic rings. The van der Waals surface area contributed by atoms with Crippen LogP contribution in [0.15, 0.2) is 11.6 Å². The quantitative estimate of drug-likeness (QED) is 0.932. The lowest BCUT2D eigenvalue weighted by Gasteiger charge is -2.33. The summed E-state index contributed by atoms with van der Waals surface area (Å²) < 4.78 is 5.30. The number of carbonyl (C=O) groups is 1. The first-order valence-corrected chi connectivity index (χ1v) is 7.90. The Morgan fingerprint density at radius 1 is 1.60 bits per heavy atom. The van der Waals surface area contributed by atoms with E-state index in [4.69, 9.17) is 4.74 Å². The van der Waals surface area contributed by atoms with Crippen LogP contribution < -0.4 is 5.32 Å². The number of alkyl carbamates (subject to hydrolysis) is 1. The molecule has 2 heterocycles. The summed E-state index contributed by atoms with van der Waals surface area (Å²) in [7, 11) is 0. The zero-order valence-corrected chi connectivity index (χ0v) is 13.2. The van der Waals surface area contributed by atoms with Crippen molar-refractivity contribution < 1.29 is 9.53 Å². The Morgan fingerprint density at radius 3 is 3.05 bits per heavy atom. The summed E-state index contributed by atoms with van der Waals surface area (Å²) in [6.07, 6.45) is 3.61. The van der Waals surface area contributed by atoms with Gasteiger partial charge in [0.25, 0.3) is 0 Å². The van der Waals surface area contributed by atoms with E-state index in [9.17, 15) is 4.79 Å². The molecule has 1 atom stereocenters. The van der Waals surface area contributed by atoms with Crippen LogP contribution in [-0.2, 0) is 11.3 Å². The van der Waals surface area contributed by atoms with Crippen molar-refractivity contribution >= 4 is 17.4 Å². The second-order valence-electron chi connectivity index (χ2n) is 6.15. The van der Waals surface area contributed by atoms with Crippen molar-refractivity contribution in [3.63, 3.8) is 0 Å². The van der Waals surface area contributed by atoms with Gasteiger partial charge < -0.3 is 10.1 Å². The van der Waals surface area contributed by atoms with Gasteiger partial charge in [-0.3, -0.25) is 4.90 Å². The van der Waals surface area contributed by atoms with Gasteiger partial charge in [0.1, 0.15) is 10.6 Å². The van der Waals surface area contributed by atoms with Gasteiger partial charge in [-0.1, -0.05) is 0 Å². The average Bonchev–Trinajstić information content (AvgIpc) is 2.79. The number of carbonyl (C=O) groups excluding carboxylic acids is 1. The highest BCUT2D eigenvalue weighted by Gasteiger charge is 2.24. The van der Waals surface area contributed by atoms with Gasteiger partial charge in [0.15, 0.2) is 0 Å². The summed E-state index contributed by atoms with van der Waals surface area (Å²) in [5.74, 6) is 0. The van der Waals surface area contributed by atoms with E-state index in [-0.39, 0.29) is 12.1 Å². The van der Waals surface area contributed by atoms with Gasteiger partial charge >= 0.3 is 6.09 Å². The summed E-state index contributed by atoms with van der Waals surface area (Å²) in [4.78, 5) is 18.4. The van der Waals surface area contributed by atoms with Crippen LogP contribution >= 0.6 is 11.3 Å². The average molecular weight is 297 g/mol. The summed E-state index contributed by atoms with van der Waals surface area (Å²) >= 11 is 1.67. The van der Waals surface area contributed by atoms with E-state index in [0.29, 0.717) is 0 Å². The van der Waals surface area contributed by atoms with Crippen molar-refractivity contribution in [3.8, 4) is 0 Å². The van der Waals surface area contributed by atoms with Crippen LogP contribution in [-0.4, -0.2) is 40.7 Å². The SMILES string of the molecule is CC(C)(C)OC(=O)NC1CCCN(Cc2nccs2)C1. The Hall–Kier alpha value is -1.14. The largest absolute Gasteiger partial charge is 0.444 e. The lowest BCUT2D eigenvalue weighted by molar-refractivity contribution is 0.0470. The fourth-order valence-corrected chi connectivity index (χ4v) is 2.97. The number of piperidine rings is 1. The molecule has 1 aliphatic heterocycles. The highest BCUT2D eigenvalue weighted by Crippen LogP contribution is 2.15. The number of rotatable bonds is 3. The van der Waals surface area contributed by atoms with Crippen molar-refractivity contribution in [2.24, 2.45) is 0 Å². The monoisotopic (exact) mass is 297 g/mol. The molecular formula is C14H23N3O2S. The predicted molar refractivity (Wildman–Crippen MR) is 79.8 cm³/mol. The number of ether oxygens (including phenoxy) is 1. The minimum Gasteiger partial charge on any atom is -0.444 e. The highest BCUT2D eigenvalue weighted by molar-refractivity contribution is 7.09. The van der Waals surface area contributed by atoms with Gasteiger partial charge in [0.2, 0.25) is 0 Å². The Morgan fingerprint density at radius 2 is 2.40 bits per heavy atom. The second-order valence-corrected chi connectivity index (χ2v) is 7.13. The third-order valence-electron chi connectivity index (χ3n) is 3.07. The molecule has 0 radical (unpaired) electrons. The summed E-state index contributed by atoms with van der Waals surface area (Å²) in [5.41, 5.74) is -0.445. The first-order chi connectivity index (χ1) is 9.42. The van der Waals surface area contributed by atoms with E-state index in [1.54, 1.807) is 11.3 Å². The Labute approximate surface area is 124 Å². The molecule has 20 heavy (non-hydrogen) atoms. The molecule has 1 aromatic heterocycles. The summed E-state index contributed by atoms with van der Waals surface area (Å²) in [5, 5.41) is 6.09. The van der Waals surface area contributed by atoms with E-state index in [2.05, 4.69) is 15.2 Å². The highest BCUT2D eigenvalue weighted by atomic mass is 32.1. The van der Waals surface area contributed by atoms with E-state index in [1.165, 1.54) is 0 Å². The molecule has 0 bridgehead atoms. The number of amides is 1. The van der Waals surface area contributed by atoms with Crippen molar-refractivity contribution in [3.05, 3.63) is 16.6 Å². The smallest absolute Gasteiger partial charge is 0.407 e. The number of hydrogen-bond acceptors (Lipinski definition) is 5. The molecule has 5 nitrogen and oxygen atoms in total. The molecule has 0 saturated carbocycles. The van der Waals surface area contributed by atoms with E-state index < -0.39 is 5.60 Å². The number of thiazole rings is 1. The first-order valence-electron chi connectivity index (χ1n) is 7.02. The third kappa shape index (κ3) is 5.09. The number of hydrogen-bond donors (Lipinski definition) is 1. The zero-order chi connectivity index (χ0) is 14.6. The maximum absolute atomic E-state index is 11.8. The molecule has 1 unspecified atom stereocenters. The standard InChI is InChI=1S/C14H23N3O2S/c1-14(2,3)19-13(18)16-11-5-4-7-17(9-11)10-12-15-6-8-20-12/h6,8,11H,4-5,7,9-10H2,1-3H3,(H,16,18). The van der Waals surface area contributed by atoms with E-state index >= 15 is 0 Å². The Bertz CT molecular complexity index is 428. The van der Waals surface area contributed by atoms with Crippen molar-refractivity contribution in [1.82, 2.24) is 15.2 Å². The predicted octanol–water partition coefficient (Wildman–Crippen LogP) is 2.63. The van der Waals surface area contributed by atoms with Crippen LogP contribution in [0.3, 0.4) is 0 Å².